The topological polar surface area (TPSA) is 51.2 Å². The van der Waals surface area contributed by atoms with Crippen molar-refractivity contribution in [3.63, 3.8) is 0 Å². The highest BCUT2D eigenvalue weighted by atomic mass is 16.5. The third-order valence-electron chi connectivity index (χ3n) is 4.64. The van der Waals surface area contributed by atoms with Crippen molar-refractivity contribution in [2.24, 2.45) is 0 Å². The van der Waals surface area contributed by atoms with Crippen molar-refractivity contribution in [1.29, 1.82) is 0 Å². The Bertz CT molecular complexity index is 1140. The molecule has 0 atom stereocenters. The van der Waals surface area contributed by atoms with Gasteiger partial charge in [0.1, 0.15) is 5.75 Å². The van der Waals surface area contributed by atoms with Crippen LogP contribution in [0.2, 0.25) is 0 Å². The van der Waals surface area contributed by atoms with Crippen LogP contribution >= 0.6 is 0 Å². The highest BCUT2D eigenvalue weighted by Crippen LogP contribution is 2.23. The lowest BCUT2D eigenvalue weighted by molar-refractivity contribution is 0.0951. The summed E-state index contributed by atoms with van der Waals surface area (Å²) in [6.45, 7) is 0.442. The van der Waals surface area contributed by atoms with Gasteiger partial charge in [-0.25, -0.2) is 0 Å². The second-order valence-electron chi connectivity index (χ2n) is 6.53. The standard InChI is InChI=1S/C24H20N2O2/c1-28-22-10-4-6-17(12-22)15-26-24(27)20-9-5-8-18(13-20)21-14-19-7-2-3-11-23(19)25-16-21/h2-14,16H,15H2,1H3,(H,26,27). The van der Waals surface area contributed by atoms with Gasteiger partial charge in [-0.05, 0) is 47.5 Å². The number of fused-ring (bicyclic) bond motifs is 1. The summed E-state index contributed by atoms with van der Waals surface area (Å²) in [5.74, 6) is 0.663. The van der Waals surface area contributed by atoms with Crippen LogP contribution in [0.25, 0.3) is 22.0 Å². The van der Waals surface area contributed by atoms with Crippen LogP contribution in [0.4, 0.5) is 0 Å². The number of carbonyl (C=O) groups excluding carboxylic acids is 1. The smallest absolute Gasteiger partial charge is 0.251 e. The van der Waals surface area contributed by atoms with Gasteiger partial charge >= 0.3 is 0 Å². The van der Waals surface area contributed by atoms with E-state index in [0.29, 0.717) is 12.1 Å². The lowest BCUT2D eigenvalue weighted by atomic mass is 10.0. The quantitative estimate of drug-likeness (QED) is 0.548. The molecule has 4 aromatic rings. The van der Waals surface area contributed by atoms with Crippen LogP contribution < -0.4 is 10.1 Å². The number of hydrogen-bond acceptors (Lipinski definition) is 3. The van der Waals surface area contributed by atoms with E-state index in [1.807, 2.05) is 79.0 Å². The Morgan fingerprint density at radius 2 is 1.79 bits per heavy atom. The Morgan fingerprint density at radius 1 is 0.929 bits per heavy atom. The summed E-state index contributed by atoms with van der Waals surface area (Å²) in [7, 11) is 1.63. The summed E-state index contributed by atoms with van der Waals surface area (Å²) in [5.41, 5.74) is 4.52. The summed E-state index contributed by atoms with van der Waals surface area (Å²) in [6, 6.07) is 25.4. The average molecular weight is 368 g/mol. The maximum absolute atomic E-state index is 12.6. The normalized spacial score (nSPS) is 10.6. The number of methoxy groups -OCH3 is 1. The van der Waals surface area contributed by atoms with Gasteiger partial charge in [-0.2, -0.15) is 0 Å². The van der Waals surface area contributed by atoms with Crippen molar-refractivity contribution < 1.29 is 9.53 Å². The van der Waals surface area contributed by atoms with Crippen LogP contribution in [0.5, 0.6) is 5.75 Å². The number of aromatic nitrogens is 1. The van der Waals surface area contributed by atoms with E-state index < -0.39 is 0 Å². The molecule has 0 saturated carbocycles. The first-order valence-corrected chi connectivity index (χ1v) is 9.09. The number of ether oxygens (including phenoxy) is 1. The highest BCUT2D eigenvalue weighted by molar-refractivity contribution is 5.95. The van der Waals surface area contributed by atoms with E-state index in [2.05, 4.69) is 16.4 Å². The van der Waals surface area contributed by atoms with Crippen molar-refractivity contribution >= 4 is 16.8 Å². The number of nitrogens with zero attached hydrogens (tertiary/aromatic N) is 1. The van der Waals surface area contributed by atoms with Gasteiger partial charge in [0.2, 0.25) is 0 Å². The van der Waals surface area contributed by atoms with E-state index in [9.17, 15) is 4.79 Å². The zero-order chi connectivity index (χ0) is 19.3. The molecule has 1 N–H and O–H groups in total. The highest BCUT2D eigenvalue weighted by Gasteiger charge is 2.08. The second kappa shape index (κ2) is 7.92. The van der Waals surface area contributed by atoms with E-state index in [1.165, 1.54) is 0 Å². The Balaban J connectivity index is 1.53. The number of hydrogen-bond donors (Lipinski definition) is 1. The monoisotopic (exact) mass is 368 g/mol. The molecule has 0 aliphatic heterocycles. The summed E-state index contributed by atoms with van der Waals surface area (Å²) >= 11 is 0. The number of amides is 1. The zero-order valence-corrected chi connectivity index (χ0v) is 15.6. The molecule has 1 aromatic heterocycles. The number of para-hydroxylation sites is 1. The SMILES string of the molecule is COc1cccc(CNC(=O)c2cccc(-c3cnc4ccccc4c3)c2)c1. The zero-order valence-electron chi connectivity index (χ0n) is 15.6. The minimum atomic E-state index is -0.113. The van der Waals surface area contributed by atoms with E-state index in [0.717, 1.165) is 33.3 Å². The molecule has 0 aliphatic rings. The van der Waals surface area contributed by atoms with Crippen LogP contribution in [0, 0.1) is 0 Å². The third kappa shape index (κ3) is 3.86. The van der Waals surface area contributed by atoms with Crippen molar-refractivity contribution in [3.8, 4) is 16.9 Å². The Kier molecular flexibility index (Phi) is 5.02. The molecule has 0 radical (unpaired) electrons. The molecule has 1 heterocycles. The fourth-order valence-corrected chi connectivity index (χ4v) is 3.14. The molecule has 0 unspecified atom stereocenters. The van der Waals surface area contributed by atoms with Gasteiger partial charge in [-0.15, -0.1) is 0 Å². The predicted molar refractivity (Wildman–Crippen MR) is 111 cm³/mol. The van der Waals surface area contributed by atoms with Crippen LogP contribution in [0.15, 0.2) is 85.1 Å². The van der Waals surface area contributed by atoms with E-state index in [1.54, 1.807) is 7.11 Å². The minimum absolute atomic E-state index is 0.113. The predicted octanol–water partition coefficient (Wildman–Crippen LogP) is 4.84. The maximum Gasteiger partial charge on any atom is 0.251 e. The molecule has 3 aromatic carbocycles. The molecular formula is C24H20N2O2. The molecule has 1 amide bonds. The lowest BCUT2D eigenvalue weighted by Crippen LogP contribution is -2.22. The first-order chi connectivity index (χ1) is 13.7. The van der Waals surface area contributed by atoms with Gasteiger partial charge < -0.3 is 10.1 Å². The molecule has 4 nitrogen and oxygen atoms in total. The van der Waals surface area contributed by atoms with Gasteiger partial charge in [0.15, 0.2) is 0 Å². The number of pyridine rings is 1. The molecule has 0 saturated heterocycles. The number of benzene rings is 3. The van der Waals surface area contributed by atoms with Crippen LogP contribution in [0.1, 0.15) is 15.9 Å². The molecule has 0 spiro atoms. The lowest BCUT2D eigenvalue weighted by Gasteiger charge is -2.09. The largest absolute Gasteiger partial charge is 0.497 e. The molecule has 4 heteroatoms. The average Bonchev–Trinajstić information content (AvgIpc) is 2.77. The first kappa shape index (κ1) is 17.7. The minimum Gasteiger partial charge on any atom is -0.497 e. The molecular weight excluding hydrogens is 348 g/mol. The van der Waals surface area contributed by atoms with Gasteiger partial charge in [-0.1, -0.05) is 42.5 Å². The van der Waals surface area contributed by atoms with Gasteiger partial charge in [0.25, 0.3) is 5.91 Å². The van der Waals surface area contributed by atoms with E-state index >= 15 is 0 Å². The van der Waals surface area contributed by atoms with Gasteiger partial charge in [0, 0.05) is 29.3 Å². The Labute approximate surface area is 163 Å². The molecule has 28 heavy (non-hydrogen) atoms. The van der Waals surface area contributed by atoms with Gasteiger partial charge in [-0.3, -0.25) is 9.78 Å². The Hall–Kier alpha value is -3.66. The molecule has 0 bridgehead atoms. The van der Waals surface area contributed by atoms with Crippen molar-refractivity contribution in [2.75, 3.05) is 7.11 Å². The second-order valence-corrected chi connectivity index (χ2v) is 6.53. The van der Waals surface area contributed by atoms with Crippen molar-refractivity contribution in [3.05, 3.63) is 96.2 Å². The summed E-state index contributed by atoms with van der Waals surface area (Å²) in [5, 5.41) is 4.04. The molecule has 0 fully saturated rings. The number of rotatable bonds is 5. The Morgan fingerprint density at radius 3 is 2.68 bits per heavy atom. The van der Waals surface area contributed by atoms with Crippen molar-refractivity contribution in [1.82, 2.24) is 10.3 Å². The van der Waals surface area contributed by atoms with E-state index in [-0.39, 0.29) is 5.91 Å². The molecule has 0 aliphatic carbocycles. The number of nitrogens with one attached hydrogen (secondary N) is 1. The molecule has 4 rings (SSSR count). The van der Waals surface area contributed by atoms with Gasteiger partial charge in [0.05, 0.1) is 12.6 Å². The third-order valence-corrected chi connectivity index (χ3v) is 4.64. The van der Waals surface area contributed by atoms with Crippen LogP contribution in [0.3, 0.4) is 0 Å². The fourth-order valence-electron chi connectivity index (χ4n) is 3.14. The fraction of sp³-hybridized carbons (Fsp3) is 0.0833. The van der Waals surface area contributed by atoms with Crippen LogP contribution in [-0.2, 0) is 6.54 Å². The number of carbonyl (C=O) groups is 1. The van der Waals surface area contributed by atoms with Crippen molar-refractivity contribution in [2.45, 2.75) is 6.54 Å². The molecule has 138 valence electrons. The maximum atomic E-state index is 12.6. The van der Waals surface area contributed by atoms with Crippen LogP contribution in [-0.4, -0.2) is 18.0 Å². The first-order valence-electron chi connectivity index (χ1n) is 9.09. The summed E-state index contributed by atoms with van der Waals surface area (Å²) < 4.78 is 5.22. The summed E-state index contributed by atoms with van der Waals surface area (Å²) in [4.78, 5) is 17.1. The van der Waals surface area contributed by atoms with E-state index in [4.69, 9.17) is 4.74 Å². The summed E-state index contributed by atoms with van der Waals surface area (Å²) in [6.07, 6.45) is 1.84.